The SMILES string of the molecule is Cc1cccc2cc(N3CCN(CC(F)(F)F)CC3)c(=O)[nH]c12.Cl. The minimum absolute atomic E-state index is 0. The van der Waals surface area contributed by atoms with Crippen LogP contribution in [0.15, 0.2) is 29.1 Å². The topological polar surface area (TPSA) is 39.3 Å². The van der Waals surface area contributed by atoms with Gasteiger partial charge in [0.2, 0.25) is 0 Å². The maximum absolute atomic E-state index is 12.4. The Kier molecular flexibility index (Phi) is 5.45. The number of rotatable bonds is 2. The highest BCUT2D eigenvalue weighted by Crippen LogP contribution is 2.21. The summed E-state index contributed by atoms with van der Waals surface area (Å²) in [5.74, 6) is 0. The average Bonchev–Trinajstić information content (AvgIpc) is 2.47. The van der Waals surface area contributed by atoms with Crippen LogP contribution in [0.2, 0.25) is 0 Å². The van der Waals surface area contributed by atoms with Crippen molar-refractivity contribution in [2.75, 3.05) is 37.6 Å². The Morgan fingerprint density at radius 1 is 1.17 bits per heavy atom. The van der Waals surface area contributed by atoms with Crippen LogP contribution in [0.1, 0.15) is 5.56 Å². The second kappa shape index (κ2) is 7.03. The lowest BCUT2D eigenvalue weighted by Crippen LogP contribution is -2.50. The maximum Gasteiger partial charge on any atom is 0.401 e. The third-order valence-corrected chi connectivity index (χ3v) is 4.18. The first-order valence-electron chi connectivity index (χ1n) is 7.50. The van der Waals surface area contributed by atoms with E-state index in [9.17, 15) is 18.0 Å². The van der Waals surface area contributed by atoms with Crippen molar-refractivity contribution in [1.82, 2.24) is 9.88 Å². The second-order valence-corrected chi connectivity index (χ2v) is 5.90. The Morgan fingerprint density at radius 2 is 1.83 bits per heavy atom. The number of hydrogen-bond donors (Lipinski definition) is 1. The van der Waals surface area contributed by atoms with E-state index in [1.807, 2.05) is 36.1 Å². The van der Waals surface area contributed by atoms with E-state index in [2.05, 4.69) is 4.98 Å². The molecule has 1 fully saturated rings. The first kappa shape index (κ1) is 18.6. The highest BCUT2D eigenvalue weighted by Gasteiger charge is 2.32. The van der Waals surface area contributed by atoms with Gasteiger partial charge < -0.3 is 9.88 Å². The lowest BCUT2D eigenvalue weighted by atomic mass is 10.1. The molecule has 0 amide bonds. The van der Waals surface area contributed by atoms with Crippen molar-refractivity contribution in [2.24, 2.45) is 0 Å². The van der Waals surface area contributed by atoms with Gasteiger partial charge in [0.25, 0.3) is 5.56 Å². The highest BCUT2D eigenvalue weighted by atomic mass is 35.5. The predicted octanol–water partition coefficient (Wildman–Crippen LogP) is 2.94. The summed E-state index contributed by atoms with van der Waals surface area (Å²) in [7, 11) is 0. The summed E-state index contributed by atoms with van der Waals surface area (Å²) in [6.45, 7) is 2.45. The van der Waals surface area contributed by atoms with E-state index in [0.717, 1.165) is 16.5 Å². The van der Waals surface area contributed by atoms with Gasteiger partial charge in [-0.15, -0.1) is 12.4 Å². The van der Waals surface area contributed by atoms with Gasteiger partial charge in [-0.25, -0.2) is 0 Å². The van der Waals surface area contributed by atoms with Crippen molar-refractivity contribution in [2.45, 2.75) is 13.1 Å². The zero-order valence-corrected chi connectivity index (χ0v) is 14.0. The largest absolute Gasteiger partial charge is 0.401 e. The van der Waals surface area contributed by atoms with Gasteiger partial charge in [-0.05, 0) is 18.6 Å². The quantitative estimate of drug-likeness (QED) is 0.894. The number of aryl methyl sites for hydroxylation is 1. The highest BCUT2D eigenvalue weighted by molar-refractivity contribution is 5.85. The minimum Gasteiger partial charge on any atom is -0.365 e. The van der Waals surface area contributed by atoms with Gasteiger partial charge in [-0.2, -0.15) is 13.2 Å². The summed E-state index contributed by atoms with van der Waals surface area (Å²) in [5, 5.41) is 0.928. The van der Waals surface area contributed by atoms with E-state index >= 15 is 0 Å². The Labute approximate surface area is 143 Å². The van der Waals surface area contributed by atoms with Crippen molar-refractivity contribution < 1.29 is 13.2 Å². The Hall–Kier alpha value is -1.73. The van der Waals surface area contributed by atoms with Crippen LogP contribution in [0.5, 0.6) is 0 Å². The summed E-state index contributed by atoms with van der Waals surface area (Å²) in [5.41, 5.74) is 2.11. The molecule has 1 aromatic carbocycles. The van der Waals surface area contributed by atoms with Crippen LogP contribution in [-0.4, -0.2) is 48.8 Å². The number of nitrogens with zero attached hydrogens (tertiary/aromatic N) is 2. The molecule has 0 atom stereocenters. The summed E-state index contributed by atoms with van der Waals surface area (Å²) < 4.78 is 37.3. The van der Waals surface area contributed by atoms with E-state index in [-0.39, 0.29) is 18.0 Å². The fourth-order valence-electron chi connectivity index (χ4n) is 3.01. The lowest BCUT2D eigenvalue weighted by Gasteiger charge is -2.35. The number of piperazine rings is 1. The summed E-state index contributed by atoms with van der Waals surface area (Å²) in [6, 6.07) is 7.58. The van der Waals surface area contributed by atoms with Crippen molar-refractivity contribution in [3.8, 4) is 0 Å². The Bertz CT molecular complexity index is 767. The molecular weight excluding hydrogens is 343 g/mol. The minimum atomic E-state index is -4.18. The van der Waals surface area contributed by atoms with E-state index in [0.29, 0.717) is 31.9 Å². The van der Waals surface area contributed by atoms with Crippen LogP contribution in [-0.2, 0) is 0 Å². The number of halogens is 4. The molecule has 2 heterocycles. The molecular formula is C16H19ClF3N3O. The normalized spacial score (nSPS) is 16.2. The predicted molar refractivity (Wildman–Crippen MR) is 91.3 cm³/mol. The van der Waals surface area contributed by atoms with Crippen LogP contribution in [0, 0.1) is 6.92 Å². The number of fused-ring (bicyclic) bond motifs is 1. The molecule has 24 heavy (non-hydrogen) atoms. The molecule has 0 unspecified atom stereocenters. The number of anilines is 1. The first-order chi connectivity index (χ1) is 10.8. The molecule has 4 nitrogen and oxygen atoms in total. The number of hydrogen-bond acceptors (Lipinski definition) is 3. The standard InChI is InChI=1S/C16H18F3N3O.ClH/c1-11-3-2-4-12-9-13(15(23)20-14(11)12)22-7-5-21(6-8-22)10-16(17,18)19;/h2-4,9H,5-8,10H2,1H3,(H,20,23);1H. The van der Waals surface area contributed by atoms with E-state index < -0.39 is 12.7 Å². The van der Waals surface area contributed by atoms with Crippen molar-refractivity contribution in [1.29, 1.82) is 0 Å². The number of pyridine rings is 1. The van der Waals surface area contributed by atoms with E-state index in [1.165, 1.54) is 4.90 Å². The molecule has 3 rings (SSSR count). The summed E-state index contributed by atoms with van der Waals surface area (Å²) in [4.78, 5) is 18.4. The van der Waals surface area contributed by atoms with Gasteiger partial charge in [0.05, 0.1) is 12.1 Å². The molecule has 8 heteroatoms. The molecule has 0 radical (unpaired) electrons. The summed E-state index contributed by atoms with van der Waals surface area (Å²) >= 11 is 0. The van der Waals surface area contributed by atoms with Crippen LogP contribution in [0.4, 0.5) is 18.9 Å². The van der Waals surface area contributed by atoms with Gasteiger partial charge in [-0.1, -0.05) is 18.2 Å². The number of alkyl halides is 3. The van der Waals surface area contributed by atoms with E-state index in [1.54, 1.807) is 0 Å². The third-order valence-electron chi connectivity index (χ3n) is 4.18. The number of aromatic amines is 1. The molecule has 132 valence electrons. The molecule has 0 saturated carbocycles. The number of H-pyrrole nitrogens is 1. The average molecular weight is 362 g/mol. The van der Waals surface area contributed by atoms with Crippen LogP contribution >= 0.6 is 12.4 Å². The smallest absolute Gasteiger partial charge is 0.365 e. The van der Waals surface area contributed by atoms with Crippen LogP contribution in [0.3, 0.4) is 0 Å². The van der Waals surface area contributed by atoms with Crippen LogP contribution < -0.4 is 10.5 Å². The maximum atomic E-state index is 12.4. The zero-order chi connectivity index (χ0) is 16.6. The van der Waals surface area contributed by atoms with Crippen LogP contribution in [0.25, 0.3) is 10.9 Å². The number of benzene rings is 1. The Balaban J connectivity index is 0.00000208. The molecule has 0 aliphatic carbocycles. The molecule has 1 saturated heterocycles. The van der Waals surface area contributed by atoms with E-state index in [4.69, 9.17) is 0 Å². The van der Waals surface area contributed by atoms with Gasteiger partial charge in [0.1, 0.15) is 5.69 Å². The molecule has 0 spiro atoms. The molecule has 1 aromatic heterocycles. The fraction of sp³-hybridized carbons (Fsp3) is 0.438. The third kappa shape index (κ3) is 4.02. The molecule has 0 bridgehead atoms. The molecule has 1 N–H and O–H groups in total. The second-order valence-electron chi connectivity index (χ2n) is 5.90. The zero-order valence-electron chi connectivity index (χ0n) is 13.2. The first-order valence-corrected chi connectivity index (χ1v) is 7.50. The summed E-state index contributed by atoms with van der Waals surface area (Å²) in [6.07, 6.45) is -4.18. The molecule has 1 aliphatic rings. The van der Waals surface area contributed by atoms with Gasteiger partial charge in [0, 0.05) is 31.6 Å². The van der Waals surface area contributed by atoms with Crippen molar-refractivity contribution in [3.63, 3.8) is 0 Å². The van der Waals surface area contributed by atoms with Gasteiger partial charge in [0.15, 0.2) is 0 Å². The number of nitrogens with one attached hydrogen (secondary N) is 1. The molecule has 1 aliphatic heterocycles. The lowest BCUT2D eigenvalue weighted by molar-refractivity contribution is -0.146. The Morgan fingerprint density at radius 3 is 2.46 bits per heavy atom. The van der Waals surface area contributed by atoms with Gasteiger partial charge in [-0.3, -0.25) is 9.69 Å². The number of aromatic nitrogens is 1. The number of para-hydroxylation sites is 1. The molecule has 2 aromatic rings. The monoisotopic (exact) mass is 361 g/mol. The fourth-order valence-corrected chi connectivity index (χ4v) is 3.01. The van der Waals surface area contributed by atoms with Crippen molar-refractivity contribution >= 4 is 29.0 Å². The van der Waals surface area contributed by atoms with Gasteiger partial charge >= 0.3 is 6.18 Å². The van der Waals surface area contributed by atoms with Crippen molar-refractivity contribution in [3.05, 3.63) is 40.2 Å².